The monoisotopic (exact) mass is 1070 g/mol. The van der Waals surface area contributed by atoms with Crippen molar-refractivity contribution < 1.29 is 94.4 Å². The maximum Gasteiger partial charge on any atom is 0.524 e. The molecular formula is C42H89O20P5. The van der Waals surface area contributed by atoms with E-state index >= 15 is 0 Å². The summed E-state index contributed by atoms with van der Waals surface area (Å²) in [7, 11) is -21.6. The van der Waals surface area contributed by atoms with Gasteiger partial charge in [0.2, 0.25) is 0 Å². The molecule has 0 aromatic carbocycles. The summed E-state index contributed by atoms with van der Waals surface area (Å²) in [6.45, 7) is 10.6. The van der Waals surface area contributed by atoms with E-state index in [9.17, 15) is 22.8 Å². The molecule has 67 heavy (non-hydrogen) atoms. The number of phosphoric ester groups is 5. The Morgan fingerprint density at radius 1 is 0.254 bits per heavy atom. The van der Waals surface area contributed by atoms with Gasteiger partial charge in [0, 0.05) is 0 Å². The van der Waals surface area contributed by atoms with Crippen molar-refractivity contribution in [3.63, 3.8) is 0 Å². The molecule has 0 rings (SSSR count). The Morgan fingerprint density at radius 3 is 0.612 bits per heavy atom. The van der Waals surface area contributed by atoms with E-state index in [0.717, 1.165) is 128 Å². The summed E-state index contributed by atoms with van der Waals surface area (Å²) >= 11 is 0. The van der Waals surface area contributed by atoms with E-state index in [1.54, 1.807) is 30.4 Å². The third-order valence-electron chi connectivity index (χ3n) is 8.09. The maximum absolute atomic E-state index is 10.3. The van der Waals surface area contributed by atoms with Crippen LogP contribution in [-0.4, -0.2) is 48.9 Å². The molecular weight excluding hydrogens is 979 g/mol. The molecule has 0 aliphatic carbocycles. The van der Waals surface area contributed by atoms with Gasteiger partial charge in [-0.1, -0.05) is 144 Å². The second-order valence-electron chi connectivity index (χ2n) is 14.8. The van der Waals surface area contributed by atoms with Crippen molar-refractivity contribution in [2.45, 2.75) is 208 Å². The highest BCUT2D eigenvalue weighted by Gasteiger charge is 2.13. The molecule has 0 aliphatic rings. The maximum atomic E-state index is 10.3. The van der Waals surface area contributed by atoms with Crippen LogP contribution in [0.15, 0.2) is 61.7 Å². The van der Waals surface area contributed by atoms with Crippen LogP contribution in [0.3, 0.4) is 0 Å². The molecule has 402 valence electrons. The highest BCUT2D eigenvalue weighted by Crippen LogP contribution is 2.38. The molecule has 0 unspecified atom stereocenters. The lowest BCUT2D eigenvalue weighted by molar-refractivity contribution is 0.256. The van der Waals surface area contributed by atoms with Crippen LogP contribution in [0.5, 0.6) is 0 Å². The van der Waals surface area contributed by atoms with Crippen LogP contribution in [0.25, 0.3) is 0 Å². The first kappa shape index (κ1) is 74.4. The van der Waals surface area contributed by atoms with Crippen molar-refractivity contribution in [2.24, 2.45) is 0 Å². The van der Waals surface area contributed by atoms with Crippen molar-refractivity contribution in [3.05, 3.63) is 61.7 Å². The first-order chi connectivity index (χ1) is 31.3. The number of allylic oxidation sites excluding steroid dienone is 5. The second-order valence-corrected chi connectivity index (χ2v) is 20.8. The molecule has 0 aromatic rings. The zero-order chi connectivity index (χ0) is 52.2. The first-order valence-corrected chi connectivity index (χ1v) is 30.9. The van der Waals surface area contributed by atoms with Crippen LogP contribution in [-0.2, 0) is 45.4 Å². The Kier molecular flexibility index (Phi) is 58.1. The average molecular weight is 1070 g/mol. The zero-order valence-corrected chi connectivity index (χ0v) is 45.1. The molecule has 0 bridgehead atoms. The molecule has 0 fully saturated rings. The lowest BCUT2D eigenvalue weighted by Crippen LogP contribution is -1.81. The number of hydrogen-bond acceptors (Lipinski definition) is 10. The fourth-order valence-electron chi connectivity index (χ4n) is 4.74. The van der Waals surface area contributed by atoms with Crippen LogP contribution < -0.4 is 0 Å². The van der Waals surface area contributed by atoms with E-state index in [0.29, 0.717) is 0 Å². The predicted octanol–water partition coefficient (Wildman–Crippen LogP) is 13.7. The van der Waals surface area contributed by atoms with E-state index in [1.165, 1.54) is 77.0 Å². The van der Waals surface area contributed by atoms with Gasteiger partial charge in [0.15, 0.2) is 0 Å². The number of unbranched alkanes of at least 4 members (excludes halogenated alkanes) is 22. The zero-order valence-electron chi connectivity index (χ0n) is 40.7. The summed E-state index contributed by atoms with van der Waals surface area (Å²) < 4.78 is 71.6. The third-order valence-corrected chi connectivity index (χ3v) is 10.1. The fraction of sp³-hybridized carbons (Fsp3) is 0.762. The van der Waals surface area contributed by atoms with E-state index < -0.39 is 39.1 Å². The molecule has 0 aromatic heterocycles. The predicted molar refractivity (Wildman–Crippen MR) is 264 cm³/mol. The Balaban J connectivity index is -0.000000241. The summed E-state index contributed by atoms with van der Waals surface area (Å²) in [5.74, 6) is 0. The average Bonchev–Trinajstić information content (AvgIpc) is 3.21. The summed E-state index contributed by atoms with van der Waals surface area (Å²) in [5, 5.41) is 0. The molecule has 0 heterocycles. The van der Waals surface area contributed by atoms with Crippen molar-refractivity contribution in [3.8, 4) is 0 Å². The lowest BCUT2D eigenvalue weighted by Gasteiger charge is -2.01. The lowest BCUT2D eigenvalue weighted by atomic mass is 10.1. The van der Waals surface area contributed by atoms with Crippen LogP contribution in [0, 0.1) is 0 Å². The van der Waals surface area contributed by atoms with Crippen molar-refractivity contribution in [1.82, 2.24) is 0 Å². The van der Waals surface area contributed by atoms with E-state index in [4.69, 9.17) is 48.9 Å². The summed E-state index contributed by atoms with van der Waals surface area (Å²) in [5.41, 5.74) is 0. The molecule has 0 radical (unpaired) electrons. The minimum Gasteiger partial charge on any atom is -0.413 e. The Labute approximate surface area is 402 Å². The minimum absolute atomic E-state index is 0.788. The van der Waals surface area contributed by atoms with Gasteiger partial charge >= 0.3 is 39.1 Å². The van der Waals surface area contributed by atoms with Gasteiger partial charge in [-0.2, -0.15) is 0 Å². The van der Waals surface area contributed by atoms with Gasteiger partial charge in [0.1, 0.15) is 0 Å². The highest BCUT2D eigenvalue weighted by molar-refractivity contribution is 7.47. The minimum atomic E-state index is -4.33. The van der Waals surface area contributed by atoms with Crippen LogP contribution in [0.4, 0.5) is 0 Å². The quantitative estimate of drug-likeness (QED) is 0.0157. The van der Waals surface area contributed by atoms with Gasteiger partial charge in [0.25, 0.3) is 0 Å². The number of hydrogen-bond donors (Lipinski definition) is 10. The first-order valence-electron chi connectivity index (χ1n) is 23.2. The van der Waals surface area contributed by atoms with Gasteiger partial charge in [0.05, 0.1) is 31.3 Å². The number of rotatable bonds is 37. The van der Waals surface area contributed by atoms with Crippen molar-refractivity contribution in [1.29, 1.82) is 0 Å². The normalized spacial score (nSPS) is 12.2. The van der Waals surface area contributed by atoms with E-state index in [2.05, 4.69) is 50.3 Å². The molecule has 0 aliphatic heterocycles. The standard InChI is InChI=1S/C12H25O4P.C9H19O4P.C8H17O4P.C7H15O4P.C6H13O4P/c1-2-3-4-5-6-7-8-9-10-11-12-16-17(13,14)15;1-2-3-4-5-6-7-8-9-13-14(10,11)12;1-2-3-4-5-6-7-8-12-13(9,10)11;1-2-3-4-5-6-7-11-12(8,9)10;1-2-3-4-5-6-10-11(7,8)9/h11-12H,2-10H2,1H3,(H2,13,14,15);8-9H,2-7H2,1H3,(H2,10,11,12);7-8H,2-6H2,1H3,(H2,9,10,11);6-7H,2-5H2,1H3,(H2,8,9,10);5-6H,2-4H2,1H3,(H2,7,8,9). The molecule has 0 saturated carbocycles. The molecule has 10 N–H and O–H groups in total. The SMILES string of the molecule is CCCCC=COP(=O)(O)O.CCCCCC=COP(=O)(O)O.CCCCCCC=COP(=O)(O)O.CCCCCCCC=COP(=O)(O)O.CCCCCCCCCCC=COP(=O)(O)O. The Hall–Kier alpha value is -1.55. The smallest absolute Gasteiger partial charge is 0.413 e. The van der Waals surface area contributed by atoms with E-state index in [1.807, 2.05) is 6.92 Å². The van der Waals surface area contributed by atoms with Gasteiger partial charge in [-0.05, 0) is 94.6 Å². The molecule has 0 saturated heterocycles. The fourth-order valence-corrected chi connectivity index (χ4v) is 5.96. The van der Waals surface area contributed by atoms with Crippen LogP contribution in [0.1, 0.15) is 208 Å². The summed E-state index contributed by atoms with van der Waals surface area (Å²) in [6, 6.07) is 0. The molecule has 0 amide bonds. The second kappa shape index (κ2) is 52.3. The van der Waals surface area contributed by atoms with Gasteiger partial charge < -0.3 is 22.6 Å². The van der Waals surface area contributed by atoms with Gasteiger partial charge in [-0.25, -0.2) is 22.8 Å². The molecule has 20 nitrogen and oxygen atoms in total. The van der Waals surface area contributed by atoms with Gasteiger partial charge in [-0.15, -0.1) is 0 Å². The topological polar surface area (TPSA) is 334 Å². The molecule has 25 heteroatoms. The molecule has 0 spiro atoms. The largest absolute Gasteiger partial charge is 0.524 e. The number of phosphoric acid groups is 5. The Bertz CT molecular complexity index is 1440. The highest BCUT2D eigenvalue weighted by atomic mass is 31.2. The van der Waals surface area contributed by atoms with Crippen LogP contribution >= 0.6 is 39.1 Å². The molecule has 0 atom stereocenters. The summed E-state index contributed by atoms with van der Waals surface area (Å²) in [4.78, 5) is 83.0. The van der Waals surface area contributed by atoms with Gasteiger partial charge in [-0.3, -0.25) is 48.9 Å². The third kappa shape index (κ3) is 98.8. The van der Waals surface area contributed by atoms with Crippen molar-refractivity contribution in [2.75, 3.05) is 0 Å². The van der Waals surface area contributed by atoms with E-state index in [-0.39, 0.29) is 0 Å². The Morgan fingerprint density at radius 2 is 0.403 bits per heavy atom. The summed E-state index contributed by atoms with van der Waals surface area (Å²) in [6.07, 6.45) is 43.4. The van der Waals surface area contributed by atoms with Crippen LogP contribution in [0.2, 0.25) is 0 Å². The van der Waals surface area contributed by atoms with Crippen molar-refractivity contribution >= 4 is 39.1 Å².